The third-order valence-electron chi connectivity index (χ3n) is 1.75. The van der Waals surface area contributed by atoms with Crippen LogP contribution in [0.1, 0.15) is 19.4 Å². The highest BCUT2D eigenvalue weighted by molar-refractivity contribution is 5.13. The van der Waals surface area contributed by atoms with Crippen LogP contribution in [0.15, 0.2) is 30.3 Å². The SMILES string of the molecule is CC1CO1.CCc1ccccc1.OO. The molecule has 0 spiro atoms. The second-order valence-corrected chi connectivity index (χ2v) is 2.98. The molecule has 1 aromatic carbocycles. The summed E-state index contributed by atoms with van der Waals surface area (Å²) in [5.74, 6) is 0. The first kappa shape index (κ1) is 13.1. The van der Waals surface area contributed by atoms with E-state index >= 15 is 0 Å². The van der Waals surface area contributed by atoms with Gasteiger partial charge in [-0.05, 0) is 18.9 Å². The Morgan fingerprint density at radius 3 is 1.93 bits per heavy atom. The molecule has 1 fully saturated rings. The van der Waals surface area contributed by atoms with E-state index in [1.807, 2.05) is 6.07 Å². The van der Waals surface area contributed by atoms with Crippen molar-refractivity contribution in [3.8, 4) is 0 Å². The summed E-state index contributed by atoms with van der Waals surface area (Å²) >= 11 is 0. The molecule has 1 atom stereocenters. The van der Waals surface area contributed by atoms with E-state index in [1.165, 1.54) is 5.56 Å². The topological polar surface area (TPSA) is 53.0 Å². The molecule has 80 valence electrons. The van der Waals surface area contributed by atoms with Crippen molar-refractivity contribution in [3.05, 3.63) is 35.9 Å². The van der Waals surface area contributed by atoms with E-state index in [0.29, 0.717) is 6.10 Å². The minimum Gasteiger partial charge on any atom is -0.373 e. The molecule has 1 aliphatic rings. The Morgan fingerprint density at radius 2 is 1.71 bits per heavy atom. The van der Waals surface area contributed by atoms with E-state index in [9.17, 15) is 0 Å². The molecule has 0 radical (unpaired) electrons. The molecule has 0 bridgehead atoms. The van der Waals surface area contributed by atoms with Crippen LogP contribution < -0.4 is 0 Å². The molecular weight excluding hydrogens is 180 g/mol. The van der Waals surface area contributed by atoms with E-state index in [1.54, 1.807) is 0 Å². The highest BCUT2D eigenvalue weighted by atomic mass is 17.0. The summed E-state index contributed by atoms with van der Waals surface area (Å²) in [6, 6.07) is 10.5. The number of hydrogen-bond acceptors (Lipinski definition) is 3. The Morgan fingerprint density at radius 1 is 1.29 bits per heavy atom. The fourth-order valence-electron chi connectivity index (χ4n) is 0.810. The first-order valence-electron chi connectivity index (χ1n) is 4.68. The van der Waals surface area contributed by atoms with E-state index in [-0.39, 0.29) is 0 Å². The van der Waals surface area contributed by atoms with Crippen LogP contribution in [0, 0.1) is 0 Å². The second-order valence-electron chi connectivity index (χ2n) is 2.98. The molecule has 0 aromatic heterocycles. The van der Waals surface area contributed by atoms with Gasteiger partial charge in [0.15, 0.2) is 0 Å². The van der Waals surface area contributed by atoms with Gasteiger partial charge in [0.25, 0.3) is 0 Å². The van der Waals surface area contributed by atoms with Crippen molar-refractivity contribution in [2.75, 3.05) is 6.61 Å². The van der Waals surface area contributed by atoms with Crippen molar-refractivity contribution in [2.45, 2.75) is 26.4 Å². The summed E-state index contributed by atoms with van der Waals surface area (Å²) in [5, 5.41) is 12.0. The zero-order valence-corrected chi connectivity index (χ0v) is 8.68. The third-order valence-corrected chi connectivity index (χ3v) is 1.75. The molecule has 0 aliphatic carbocycles. The Labute approximate surface area is 84.9 Å². The predicted octanol–water partition coefficient (Wildman–Crippen LogP) is 2.67. The number of hydrogen-bond donors (Lipinski definition) is 2. The minimum atomic E-state index is 0.583. The lowest BCUT2D eigenvalue weighted by Crippen LogP contribution is -1.73. The molecule has 1 aliphatic heterocycles. The van der Waals surface area contributed by atoms with Gasteiger partial charge in [-0.15, -0.1) is 0 Å². The van der Waals surface area contributed by atoms with Crippen molar-refractivity contribution in [2.24, 2.45) is 0 Å². The monoisotopic (exact) mass is 198 g/mol. The standard InChI is InChI=1S/C8H10.C3H6O.H2O2/c1-2-8-6-4-3-5-7-8;1-3-2-4-3;1-2/h3-7H,2H2,1H3;3H,2H2,1H3;1-2H. The van der Waals surface area contributed by atoms with Gasteiger partial charge in [-0.2, -0.15) is 0 Å². The van der Waals surface area contributed by atoms with Crippen LogP contribution in [-0.4, -0.2) is 23.2 Å². The summed E-state index contributed by atoms with van der Waals surface area (Å²) in [4.78, 5) is 0. The maximum Gasteiger partial charge on any atom is 0.0781 e. The van der Waals surface area contributed by atoms with Crippen LogP contribution in [-0.2, 0) is 11.2 Å². The maximum absolute atomic E-state index is 6.00. The lowest BCUT2D eigenvalue weighted by molar-refractivity contribution is -0.176. The average molecular weight is 198 g/mol. The summed E-state index contributed by atoms with van der Waals surface area (Å²) in [6.07, 6.45) is 1.72. The number of rotatable bonds is 1. The number of ether oxygens (including phenoxy) is 1. The van der Waals surface area contributed by atoms with Gasteiger partial charge in [-0.3, -0.25) is 10.5 Å². The van der Waals surface area contributed by atoms with Gasteiger partial charge in [0.05, 0.1) is 12.7 Å². The minimum absolute atomic E-state index is 0.583. The van der Waals surface area contributed by atoms with Crippen LogP contribution in [0.2, 0.25) is 0 Å². The molecule has 1 aromatic rings. The molecular formula is C11H18O3. The lowest BCUT2D eigenvalue weighted by atomic mass is 10.2. The van der Waals surface area contributed by atoms with Crippen LogP contribution in [0.5, 0.6) is 0 Å². The normalized spacial score (nSPS) is 17.0. The lowest BCUT2D eigenvalue weighted by Gasteiger charge is -1.89. The Balaban J connectivity index is 0.000000236. The summed E-state index contributed by atoms with van der Waals surface area (Å²) < 4.78 is 4.71. The van der Waals surface area contributed by atoms with Crippen LogP contribution in [0.4, 0.5) is 0 Å². The second kappa shape index (κ2) is 8.69. The molecule has 1 unspecified atom stereocenters. The number of epoxide rings is 1. The predicted molar refractivity (Wildman–Crippen MR) is 56.5 cm³/mol. The van der Waals surface area contributed by atoms with Gasteiger partial charge in [0, 0.05) is 0 Å². The van der Waals surface area contributed by atoms with Crippen LogP contribution in [0.25, 0.3) is 0 Å². The third kappa shape index (κ3) is 7.73. The van der Waals surface area contributed by atoms with Crippen molar-refractivity contribution in [1.82, 2.24) is 0 Å². The molecule has 3 heteroatoms. The van der Waals surface area contributed by atoms with Crippen molar-refractivity contribution < 1.29 is 15.3 Å². The molecule has 1 saturated heterocycles. The Hall–Kier alpha value is -0.900. The number of aryl methyl sites for hydroxylation is 1. The summed E-state index contributed by atoms with van der Waals surface area (Å²) in [7, 11) is 0. The fraction of sp³-hybridized carbons (Fsp3) is 0.455. The zero-order chi connectivity index (χ0) is 10.8. The number of benzene rings is 1. The largest absolute Gasteiger partial charge is 0.373 e. The highest BCUT2D eigenvalue weighted by Crippen LogP contribution is 2.04. The van der Waals surface area contributed by atoms with E-state index in [2.05, 4.69) is 38.1 Å². The van der Waals surface area contributed by atoms with E-state index < -0.39 is 0 Å². The molecule has 0 saturated carbocycles. The Bertz CT molecular complexity index is 207. The first-order chi connectivity index (χ1) is 6.83. The van der Waals surface area contributed by atoms with Gasteiger partial charge in [-0.25, -0.2) is 0 Å². The average Bonchev–Trinajstić information content (AvgIpc) is 3.06. The smallest absolute Gasteiger partial charge is 0.0781 e. The van der Waals surface area contributed by atoms with Crippen molar-refractivity contribution in [1.29, 1.82) is 0 Å². The van der Waals surface area contributed by atoms with Crippen LogP contribution >= 0.6 is 0 Å². The Kier molecular flexibility index (Phi) is 8.13. The van der Waals surface area contributed by atoms with Gasteiger partial charge in [-0.1, -0.05) is 37.3 Å². The quantitative estimate of drug-likeness (QED) is 0.414. The molecule has 0 amide bonds. The summed E-state index contributed by atoms with van der Waals surface area (Å²) in [5.41, 5.74) is 1.41. The highest BCUT2D eigenvalue weighted by Gasteiger charge is 2.13. The van der Waals surface area contributed by atoms with E-state index in [0.717, 1.165) is 13.0 Å². The van der Waals surface area contributed by atoms with Crippen molar-refractivity contribution in [3.63, 3.8) is 0 Å². The molecule has 2 rings (SSSR count). The van der Waals surface area contributed by atoms with Crippen LogP contribution in [0.3, 0.4) is 0 Å². The fourth-order valence-corrected chi connectivity index (χ4v) is 0.810. The summed E-state index contributed by atoms with van der Waals surface area (Å²) in [6.45, 7) is 5.20. The molecule has 1 heterocycles. The van der Waals surface area contributed by atoms with Crippen molar-refractivity contribution >= 4 is 0 Å². The van der Waals surface area contributed by atoms with Gasteiger partial charge in [0.1, 0.15) is 0 Å². The molecule has 14 heavy (non-hydrogen) atoms. The van der Waals surface area contributed by atoms with E-state index in [4.69, 9.17) is 15.3 Å². The zero-order valence-electron chi connectivity index (χ0n) is 8.68. The van der Waals surface area contributed by atoms with Gasteiger partial charge < -0.3 is 4.74 Å². The molecule has 2 N–H and O–H groups in total. The maximum atomic E-state index is 6.00. The molecule has 3 nitrogen and oxygen atoms in total. The van der Waals surface area contributed by atoms with Gasteiger partial charge in [0.2, 0.25) is 0 Å². The first-order valence-corrected chi connectivity index (χ1v) is 4.68. The van der Waals surface area contributed by atoms with Gasteiger partial charge >= 0.3 is 0 Å².